The number of nitriles is 1. The minimum atomic E-state index is 0.613. The third-order valence-corrected chi connectivity index (χ3v) is 13.2. The number of unbranched alkanes of at least 4 members (excludes halogenated alkanes) is 10. The summed E-state index contributed by atoms with van der Waals surface area (Å²) in [6.07, 6.45) is 17.3. The molecule has 0 N–H and O–H groups in total. The van der Waals surface area contributed by atoms with E-state index in [-0.39, 0.29) is 0 Å². The van der Waals surface area contributed by atoms with Crippen LogP contribution in [0.3, 0.4) is 0 Å². The minimum Gasteiger partial charge on any atom is -0.228 e. The van der Waals surface area contributed by atoms with Crippen molar-refractivity contribution in [1.82, 2.24) is 19.9 Å². The van der Waals surface area contributed by atoms with Gasteiger partial charge in [-0.25, -0.2) is 19.9 Å². The number of rotatable bonds is 21. The average Bonchev–Trinajstić information content (AvgIpc) is 3.39. The van der Waals surface area contributed by atoms with Gasteiger partial charge in [-0.15, -0.1) is 0 Å². The van der Waals surface area contributed by atoms with Crippen molar-refractivity contribution >= 4 is 0 Å². The van der Waals surface area contributed by atoms with Crippen LogP contribution in [0.15, 0.2) is 152 Å². The van der Waals surface area contributed by atoms with Crippen molar-refractivity contribution in [3.8, 4) is 85.0 Å². The van der Waals surface area contributed by atoms with Crippen molar-refractivity contribution in [1.29, 1.82) is 5.26 Å². The zero-order chi connectivity index (χ0) is 47.1. The molecule has 0 aliphatic rings. The van der Waals surface area contributed by atoms with Crippen LogP contribution in [0.4, 0.5) is 0 Å². The van der Waals surface area contributed by atoms with Crippen LogP contribution in [0, 0.1) is 25.2 Å². The van der Waals surface area contributed by atoms with Crippen LogP contribution in [0.2, 0.25) is 0 Å². The Kier molecular flexibility index (Phi) is 16.5. The van der Waals surface area contributed by atoms with Gasteiger partial charge in [0.2, 0.25) is 0 Å². The fourth-order valence-corrected chi connectivity index (χ4v) is 9.15. The van der Waals surface area contributed by atoms with Crippen molar-refractivity contribution in [3.05, 3.63) is 179 Å². The predicted molar refractivity (Wildman–Crippen MR) is 284 cm³/mol. The van der Waals surface area contributed by atoms with Gasteiger partial charge in [0.25, 0.3) is 0 Å². The van der Waals surface area contributed by atoms with E-state index in [1.165, 1.54) is 104 Å². The normalized spacial score (nSPS) is 11.2. The predicted octanol–water partition coefficient (Wildman–Crippen LogP) is 17.2. The van der Waals surface area contributed by atoms with Crippen molar-refractivity contribution in [2.45, 2.75) is 118 Å². The highest BCUT2D eigenvalue weighted by molar-refractivity contribution is 5.78. The first-order valence-corrected chi connectivity index (χ1v) is 25.1. The second-order valence-corrected chi connectivity index (χ2v) is 18.5. The maximum atomic E-state index is 9.63. The van der Waals surface area contributed by atoms with E-state index < -0.39 is 0 Å². The SMILES string of the molecule is CCCCCCCCc1cc(-c2cc(-c3ccc(-c4cc(-c5cccc(-c6ccc(C)cc6)c5)nc(-c5ccccc5)n4)cc3)nc(-c3ccc(C#N)cc3)n2)c(CCCCCCCC)cc1C. The molecule has 8 rings (SSSR count). The van der Waals surface area contributed by atoms with Crippen molar-refractivity contribution in [2.24, 2.45) is 0 Å². The molecule has 0 saturated carbocycles. The summed E-state index contributed by atoms with van der Waals surface area (Å²) in [7, 11) is 0. The Morgan fingerprint density at radius 3 is 1.46 bits per heavy atom. The quantitative estimate of drug-likeness (QED) is 0.0672. The van der Waals surface area contributed by atoms with E-state index in [1.807, 2.05) is 42.5 Å². The zero-order valence-electron chi connectivity index (χ0n) is 40.6. The van der Waals surface area contributed by atoms with Crippen molar-refractivity contribution < 1.29 is 0 Å². The second kappa shape index (κ2) is 23.6. The van der Waals surface area contributed by atoms with E-state index in [4.69, 9.17) is 19.9 Å². The van der Waals surface area contributed by atoms with Crippen LogP contribution in [-0.4, -0.2) is 19.9 Å². The zero-order valence-corrected chi connectivity index (χ0v) is 40.6. The fourth-order valence-electron chi connectivity index (χ4n) is 9.15. The molecule has 8 aromatic rings. The Balaban J connectivity index is 1.18. The molecule has 68 heavy (non-hydrogen) atoms. The van der Waals surface area contributed by atoms with Gasteiger partial charge in [0.15, 0.2) is 11.6 Å². The molecule has 0 aliphatic heterocycles. The molecule has 342 valence electrons. The monoisotopic (exact) mass is 892 g/mol. The minimum absolute atomic E-state index is 0.613. The lowest BCUT2D eigenvalue weighted by atomic mass is 9.91. The first-order chi connectivity index (χ1) is 33.4. The van der Waals surface area contributed by atoms with Crippen LogP contribution in [0.5, 0.6) is 0 Å². The average molecular weight is 892 g/mol. The number of hydrogen-bond donors (Lipinski definition) is 0. The molecule has 0 unspecified atom stereocenters. The number of aryl methyl sites for hydroxylation is 4. The van der Waals surface area contributed by atoms with Gasteiger partial charge in [0, 0.05) is 33.4 Å². The summed E-state index contributed by atoms with van der Waals surface area (Å²) in [6, 6.07) is 55.2. The lowest BCUT2D eigenvalue weighted by Gasteiger charge is -2.17. The van der Waals surface area contributed by atoms with E-state index in [0.29, 0.717) is 17.2 Å². The van der Waals surface area contributed by atoms with Gasteiger partial charge < -0.3 is 0 Å². The van der Waals surface area contributed by atoms with Gasteiger partial charge >= 0.3 is 0 Å². The smallest absolute Gasteiger partial charge is 0.160 e. The molecule has 0 amide bonds. The van der Waals surface area contributed by atoms with Crippen LogP contribution >= 0.6 is 0 Å². The molecule has 0 atom stereocenters. The molecular weight excluding hydrogens is 827 g/mol. The molecule has 6 aromatic carbocycles. The molecule has 5 nitrogen and oxygen atoms in total. The summed E-state index contributed by atoms with van der Waals surface area (Å²) in [5.41, 5.74) is 17.9. The summed E-state index contributed by atoms with van der Waals surface area (Å²) < 4.78 is 0. The van der Waals surface area contributed by atoms with Crippen molar-refractivity contribution in [3.63, 3.8) is 0 Å². The van der Waals surface area contributed by atoms with Gasteiger partial charge in [-0.3, -0.25) is 0 Å². The molecular formula is C63H65N5. The Morgan fingerprint density at radius 2 is 0.853 bits per heavy atom. The molecule has 2 aromatic heterocycles. The third kappa shape index (κ3) is 12.3. The van der Waals surface area contributed by atoms with E-state index in [1.54, 1.807) is 0 Å². The summed E-state index contributed by atoms with van der Waals surface area (Å²) in [5.74, 6) is 1.33. The maximum absolute atomic E-state index is 9.63. The summed E-state index contributed by atoms with van der Waals surface area (Å²) in [5, 5.41) is 9.63. The number of nitrogens with zero attached hydrogens (tertiary/aromatic N) is 5. The van der Waals surface area contributed by atoms with E-state index >= 15 is 0 Å². The maximum Gasteiger partial charge on any atom is 0.160 e. The van der Waals surface area contributed by atoms with Gasteiger partial charge in [-0.1, -0.05) is 187 Å². The first-order valence-electron chi connectivity index (χ1n) is 25.1. The van der Waals surface area contributed by atoms with E-state index in [9.17, 15) is 5.26 Å². The van der Waals surface area contributed by atoms with Crippen LogP contribution in [-0.2, 0) is 12.8 Å². The van der Waals surface area contributed by atoms with Gasteiger partial charge in [-0.2, -0.15) is 5.26 Å². The molecule has 0 bridgehead atoms. The Morgan fingerprint density at radius 1 is 0.382 bits per heavy atom. The summed E-state index contributed by atoms with van der Waals surface area (Å²) in [6.45, 7) is 8.97. The lowest BCUT2D eigenvalue weighted by molar-refractivity contribution is 0.605. The fraction of sp³-hybridized carbons (Fsp3) is 0.286. The molecule has 0 saturated heterocycles. The number of hydrogen-bond acceptors (Lipinski definition) is 5. The third-order valence-electron chi connectivity index (χ3n) is 13.2. The van der Waals surface area contributed by atoms with Gasteiger partial charge in [0.05, 0.1) is 34.4 Å². The standard InChI is InChI=1S/C63H65N5/c1-5-7-9-11-13-16-23-53-41-57(55(39-46(53)4)24-17-14-12-10-8-6-2)61-43-59(66-63(68-61)52-33-29-47(44-64)30-34-52)50-37-35-49(36-38-50)58-42-60(67-62(65-58)51-21-18-15-19-22-51)56-26-20-25-54(40-56)48-31-27-45(3)28-32-48/h15,18-22,25-43H,5-14,16-17,23-24H2,1-4H3. The highest BCUT2D eigenvalue weighted by Gasteiger charge is 2.17. The highest BCUT2D eigenvalue weighted by Crippen LogP contribution is 2.35. The lowest BCUT2D eigenvalue weighted by Crippen LogP contribution is -2.01. The Bertz CT molecular complexity index is 2930. The highest BCUT2D eigenvalue weighted by atomic mass is 14.9. The molecule has 5 heteroatoms. The first kappa shape index (κ1) is 47.5. The number of benzene rings is 6. The van der Waals surface area contributed by atoms with Crippen LogP contribution < -0.4 is 0 Å². The molecule has 0 aliphatic carbocycles. The van der Waals surface area contributed by atoms with Crippen LogP contribution in [0.25, 0.3) is 78.9 Å². The Hall–Kier alpha value is -7.03. The molecule has 0 fully saturated rings. The summed E-state index contributed by atoms with van der Waals surface area (Å²) >= 11 is 0. The molecule has 0 spiro atoms. The number of aromatic nitrogens is 4. The molecule has 0 radical (unpaired) electrons. The second-order valence-electron chi connectivity index (χ2n) is 18.5. The largest absolute Gasteiger partial charge is 0.228 e. The van der Waals surface area contributed by atoms with E-state index in [2.05, 4.69) is 143 Å². The summed E-state index contributed by atoms with van der Waals surface area (Å²) in [4.78, 5) is 20.9. The van der Waals surface area contributed by atoms with Gasteiger partial charge in [-0.05, 0) is 116 Å². The van der Waals surface area contributed by atoms with Crippen LogP contribution in [0.1, 0.15) is 119 Å². The van der Waals surface area contributed by atoms with E-state index in [0.717, 1.165) is 75.4 Å². The Labute approximate surface area is 405 Å². The molecule has 2 heterocycles. The topological polar surface area (TPSA) is 75.3 Å². The van der Waals surface area contributed by atoms with Crippen molar-refractivity contribution in [2.75, 3.05) is 0 Å². The van der Waals surface area contributed by atoms with Gasteiger partial charge in [0.1, 0.15) is 0 Å².